The van der Waals surface area contributed by atoms with Crippen LogP contribution in [0.25, 0.3) is 0 Å². The quantitative estimate of drug-likeness (QED) is 0.668. The third-order valence-corrected chi connectivity index (χ3v) is 3.21. The van der Waals surface area contributed by atoms with E-state index in [1.54, 1.807) is 7.11 Å². The number of aliphatic hydroxyl groups is 1. The first kappa shape index (κ1) is 7.56. The third-order valence-electron chi connectivity index (χ3n) is 3.21. The summed E-state index contributed by atoms with van der Waals surface area (Å²) in [5.74, 6) is 0.551. The van der Waals surface area contributed by atoms with E-state index in [2.05, 4.69) is 0 Å². The van der Waals surface area contributed by atoms with Crippen LogP contribution < -0.4 is 0 Å². The van der Waals surface area contributed by atoms with Crippen LogP contribution in [0.15, 0.2) is 0 Å². The van der Waals surface area contributed by atoms with Crippen molar-refractivity contribution < 1.29 is 9.84 Å². The minimum absolute atomic E-state index is 0.138. The Morgan fingerprint density at radius 2 is 2.09 bits per heavy atom. The molecule has 1 N–H and O–H groups in total. The summed E-state index contributed by atoms with van der Waals surface area (Å²) in [5, 5.41) is 9.83. The molecule has 64 valence electrons. The first-order valence-corrected chi connectivity index (χ1v) is 4.52. The topological polar surface area (TPSA) is 29.5 Å². The second kappa shape index (κ2) is 2.46. The van der Waals surface area contributed by atoms with E-state index in [-0.39, 0.29) is 11.7 Å². The molecule has 2 nitrogen and oxygen atoms in total. The fourth-order valence-electron chi connectivity index (χ4n) is 1.99. The van der Waals surface area contributed by atoms with Crippen LogP contribution in [0, 0.1) is 5.92 Å². The van der Waals surface area contributed by atoms with Gasteiger partial charge in [0, 0.05) is 7.11 Å². The predicted molar refractivity (Wildman–Crippen MR) is 42.3 cm³/mol. The predicted octanol–water partition coefficient (Wildman–Crippen LogP) is 1.33. The van der Waals surface area contributed by atoms with Crippen LogP contribution >= 0.6 is 0 Å². The number of hydrogen-bond acceptors (Lipinski definition) is 2. The van der Waals surface area contributed by atoms with Crippen molar-refractivity contribution in [1.29, 1.82) is 0 Å². The second-order valence-corrected chi connectivity index (χ2v) is 3.90. The van der Waals surface area contributed by atoms with Gasteiger partial charge in [0.1, 0.15) is 0 Å². The van der Waals surface area contributed by atoms with Gasteiger partial charge in [-0.1, -0.05) is 0 Å². The van der Waals surface area contributed by atoms with E-state index >= 15 is 0 Å². The van der Waals surface area contributed by atoms with E-state index in [0.717, 1.165) is 12.8 Å². The molecule has 2 fully saturated rings. The number of ether oxygens (including phenoxy) is 1. The number of aliphatic hydroxyl groups excluding tert-OH is 1. The largest absolute Gasteiger partial charge is 0.390 e. The van der Waals surface area contributed by atoms with Crippen molar-refractivity contribution in [2.45, 2.75) is 43.8 Å². The average molecular weight is 156 g/mol. The highest BCUT2D eigenvalue weighted by Crippen LogP contribution is 2.46. The van der Waals surface area contributed by atoms with E-state index in [1.807, 2.05) is 0 Å². The lowest BCUT2D eigenvalue weighted by atomic mass is 9.74. The van der Waals surface area contributed by atoms with Crippen LogP contribution in [0.4, 0.5) is 0 Å². The molecule has 0 spiro atoms. The van der Waals surface area contributed by atoms with Crippen molar-refractivity contribution in [2.75, 3.05) is 7.11 Å². The van der Waals surface area contributed by atoms with Gasteiger partial charge in [0.15, 0.2) is 0 Å². The summed E-state index contributed by atoms with van der Waals surface area (Å²) in [7, 11) is 1.73. The zero-order chi connectivity index (χ0) is 7.90. The van der Waals surface area contributed by atoms with Gasteiger partial charge in [-0.25, -0.2) is 0 Å². The van der Waals surface area contributed by atoms with E-state index in [0.29, 0.717) is 5.92 Å². The van der Waals surface area contributed by atoms with Crippen LogP contribution in [0.3, 0.4) is 0 Å². The Hall–Kier alpha value is -0.0800. The summed E-state index contributed by atoms with van der Waals surface area (Å²) in [6.07, 6.45) is 5.56. The summed E-state index contributed by atoms with van der Waals surface area (Å²) >= 11 is 0. The molecule has 0 aromatic rings. The zero-order valence-electron chi connectivity index (χ0n) is 7.05. The maximum absolute atomic E-state index is 9.83. The van der Waals surface area contributed by atoms with Crippen LogP contribution in [0.5, 0.6) is 0 Å². The Bertz CT molecular complexity index is 142. The molecular formula is C9H16O2. The molecule has 0 bridgehead atoms. The molecule has 1 unspecified atom stereocenters. The Balaban J connectivity index is 1.98. The van der Waals surface area contributed by atoms with Crippen molar-refractivity contribution >= 4 is 0 Å². The van der Waals surface area contributed by atoms with Gasteiger partial charge in [0.25, 0.3) is 0 Å². The van der Waals surface area contributed by atoms with E-state index in [4.69, 9.17) is 4.74 Å². The Labute approximate surface area is 67.6 Å². The lowest BCUT2D eigenvalue weighted by Gasteiger charge is -2.44. The summed E-state index contributed by atoms with van der Waals surface area (Å²) in [6.45, 7) is 0. The smallest absolute Gasteiger partial charge is 0.0939 e. The van der Waals surface area contributed by atoms with Gasteiger partial charge in [0.2, 0.25) is 0 Å². The summed E-state index contributed by atoms with van der Waals surface area (Å²) in [6, 6.07) is 0. The van der Waals surface area contributed by atoms with Gasteiger partial charge in [-0.15, -0.1) is 0 Å². The van der Waals surface area contributed by atoms with Crippen molar-refractivity contribution in [2.24, 2.45) is 5.92 Å². The molecule has 2 heteroatoms. The molecule has 11 heavy (non-hydrogen) atoms. The number of hydrogen-bond donors (Lipinski definition) is 1. The fraction of sp³-hybridized carbons (Fsp3) is 1.00. The first-order valence-electron chi connectivity index (χ1n) is 4.52. The van der Waals surface area contributed by atoms with Crippen molar-refractivity contribution in [3.05, 3.63) is 0 Å². The molecule has 1 atom stereocenters. The third kappa shape index (κ3) is 1.09. The summed E-state index contributed by atoms with van der Waals surface area (Å²) < 4.78 is 5.39. The van der Waals surface area contributed by atoms with Crippen molar-refractivity contribution in [3.8, 4) is 0 Å². The Morgan fingerprint density at radius 3 is 2.36 bits per heavy atom. The van der Waals surface area contributed by atoms with Crippen LogP contribution in [-0.2, 0) is 4.74 Å². The first-order chi connectivity index (χ1) is 5.28. The molecule has 2 saturated carbocycles. The maximum atomic E-state index is 9.83. The molecule has 0 radical (unpaired) electrons. The fourth-order valence-corrected chi connectivity index (χ4v) is 1.99. The molecule has 0 heterocycles. The molecule has 0 saturated heterocycles. The van der Waals surface area contributed by atoms with E-state index < -0.39 is 0 Å². The second-order valence-electron chi connectivity index (χ2n) is 3.90. The van der Waals surface area contributed by atoms with Gasteiger partial charge in [-0.3, -0.25) is 0 Å². The molecule has 0 amide bonds. The zero-order valence-corrected chi connectivity index (χ0v) is 7.05. The monoisotopic (exact) mass is 156 g/mol. The minimum Gasteiger partial charge on any atom is -0.390 e. The van der Waals surface area contributed by atoms with E-state index in [9.17, 15) is 5.11 Å². The minimum atomic E-state index is -0.179. The van der Waals surface area contributed by atoms with Gasteiger partial charge >= 0.3 is 0 Å². The van der Waals surface area contributed by atoms with Gasteiger partial charge in [-0.2, -0.15) is 0 Å². The van der Waals surface area contributed by atoms with Crippen molar-refractivity contribution in [3.63, 3.8) is 0 Å². The average Bonchev–Trinajstić information content (AvgIpc) is 2.66. The molecule has 0 aromatic carbocycles. The van der Waals surface area contributed by atoms with E-state index in [1.165, 1.54) is 19.3 Å². The molecular weight excluding hydrogens is 140 g/mol. The highest BCUT2D eigenvalue weighted by atomic mass is 16.5. The molecule has 2 aliphatic rings. The van der Waals surface area contributed by atoms with Crippen LogP contribution in [0.2, 0.25) is 0 Å². The highest BCUT2D eigenvalue weighted by Gasteiger charge is 2.49. The molecule has 0 aliphatic heterocycles. The van der Waals surface area contributed by atoms with Gasteiger partial charge in [-0.05, 0) is 38.0 Å². The lowest BCUT2D eigenvalue weighted by molar-refractivity contribution is -0.155. The molecule has 2 aliphatic carbocycles. The van der Waals surface area contributed by atoms with Crippen LogP contribution in [0.1, 0.15) is 32.1 Å². The summed E-state index contributed by atoms with van der Waals surface area (Å²) in [4.78, 5) is 0. The lowest BCUT2D eigenvalue weighted by Crippen LogP contribution is -2.50. The number of rotatable bonds is 3. The SMILES string of the molecule is COC1(C(O)C2CC2)CCC1. The Morgan fingerprint density at radius 1 is 1.45 bits per heavy atom. The van der Waals surface area contributed by atoms with Gasteiger partial charge < -0.3 is 9.84 Å². The van der Waals surface area contributed by atoms with Crippen molar-refractivity contribution in [1.82, 2.24) is 0 Å². The van der Waals surface area contributed by atoms with Crippen LogP contribution in [-0.4, -0.2) is 23.9 Å². The highest BCUT2D eigenvalue weighted by molar-refractivity contribution is 5.01. The Kier molecular flexibility index (Phi) is 1.69. The molecule has 0 aromatic heterocycles. The normalized spacial score (nSPS) is 31.1. The maximum Gasteiger partial charge on any atom is 0.0939 e. The molecule has 2 rings (SSSR count). The standard InChI is InChI=1S/C9H16O2/c1-11-9(5-2-6-9)8(10)7-3-4-7/h7-8,10H,2-6H2,1H3. The van der Waals surface area contributed by atoms with Gasteiger partial charge in [0.05, 0.1) is 11.7 Å². The summed E-state index contributed by atoms with van der Waals surface area (Å²) in [5.41, 5.74) is -0.138. The number of methoxy groups -OCH3 is 1.